The van der Waals surface area contributed by atoms with Crippen molar-refractivity contribution in [3.63, 3.8) is 0 Å². The third-order valence-corrected chi connectivity index (χ3v) is 2.60. The van der Waals surface area contributed by atoms with Crippen molar-refractivity contribution in [2.24, 2.45) is 5.73 Å². The third kappa shape index (κ3) is 4.33. The van der Waals surface area contributed by atoms with Gasteiger partial charge in [0.15, 0.2) is 0 Å². The van der Waals surface area contributed by atoms with E-state index in [0.29, 0.717) is 12.1 Å². The van der Waals surface area contributed by atoms with Crippen molar-refractivity contribution in [3.05, 3.63) is 29.0 Å². The minimum absolute atomic E-state index is 0.0845. The number of hydrogen-bond donors (Lipinski definition) is 1. The van der Waals surface area contributed by atoms with Crippen molar-refractivity contribution < 1.29 is 9.59 Å². The van der Waals surface area contributed by atoms with Crippen LogP contribution in [0.2, 0.25) is 5.15 Å². The lowest BCUT2D eigenvalue weighted by molar-refractivity contribution is -0.118. The number of aromatic nitrogens is 1. The van der Waals surface area contributed by atoms with Gasteiger partial charge in [-0.05, 0) is 18.6 Å². The molecule has 0 saturated carbocycles. The van der Waals surface area contributed by atoms with Crippen LogP contribution in [0.1, 0.15) is 30.1 Å². The molecular weight excluding hydrogens is 254 g/mol. The van der Waals surface area contributed by atoms with Crippen molar-refractivity contribution in [2.45, 2.75) is 19.8 Å². The highest BCUT2D eigenvalue weighted by Gasteiger charge is 2.17. The zero-order valence-corrected chi connectivity index (χ0v) is 11.0. The van der Waals surface area contributed by atoms with Crippen LogP contribution >= 0.6 is 11.6 Å². The molecule has 1 aromatic heterocycles. The van der Waals surface area contributed by atoms with Crippen LogP contribution < -0.4 is 5.73 Å². The topological polar surface area (TPSA) is 76.3 Å². The minimum Gasteiger partial charge on any atom is -0.368 e. The minimum atomic E-state index is -0.528. The van der Waals surface area contributed by atoms with Crippen molar-refractivity contribution in [1.29, 1.82) is 0 Å². The van der Waals surface area contributed by atoms with E-state index in [1.54, 1.807) is 6.07 Å². The predicted octanol–water partition coefficient (Wildman–Crippen LogP) is 1.46. The van der Waals surface area contributed by atoms with Gasteiger partial charge >= 0.3 is 0 Å². The number of hydrogen-bond acceptors (Lipinski definition) is 3. The quantitative estimate of drug-likeness (QED) is 0.795. The molecule has 18 heavy (non-hydrogen) atoms. The van der Waals surface area contributed by atoms with Crippen LogP contribution in [0.5, 0.6) is 0 Å². The van der Waals surface area contributed by atoms with Gasteiger partial charge in [-0.15, -0.1) is 0 Å². The lowest BCUT2D eigenvalue weighted by Gasteiger charge is -2.20. The molecule has 6 heteroatoms. The highest BCUT2D eigenvalue weighted by molar-refractivity contribution is 6.29. The molecule has 0 aliphatic rings. The molecule has 0 saturated heterocycles. The van der Waals surface area contributed by atoms with Crippen LogP contribution in [0, 0.1) is 0 Å². The largest absolute Gasteiger partial charge is 0.368 e. The van der Waals surface area contributed by atoms with E-state index in [4.69, 9.17) is 17.3 Å². The van der Waals surface area contributed by atoms with Gasteiger partial charge in [-0.1, -0.05) is 24.9 Å². The first-order chi connectivity index (χ1) is 8.54. The first kappa shape index (κ1) is 14.4. The number of unbranched alkanes of at least 4 members (excludes halogenated alkanes) is 1. The third-order valence-electron chi connectivity index (χ3n) is 2.39. The van der Waals surface area contributed by atoms with Gasteiger partial charge in [0.1, 0.15) is 5.15 Å². The van der Waals surface area contributed by atoms with Gasteiger partial charge in [-0.3, -0.25) is 9.59 Å². The van der Waals surface area contributed by atoms with Crippen LogP contribution in [0.4, 0.5) is 0 Å². The molecule has 0 fully saturated rings. The fourth-order valence-corrected chi connectivity index (χ4v) is 1.68. The number of halogens is 1. The Bertz CT molecular complexity index is 437. The molecule has 0 aliphatic carbocycles. The summed E-state index contributed by atoms with van der Waals surface area (Å²) in [6, 6.07) is 3.04. The van der Waals surface area contributed by atoms with Crippen molar-refractivity contribution >= 4 is 23.4 Å². The summed E-state index contributed by atoms with van der Waals surface area (Å²) in [5.41, 5.74) is 5.55. The second-order valence-electron chi connectivity index (χ2n) is 3.91. The molecule has 5 nitrogen and oxygen atoms in total. The maximum atomic E-state index is 12.2. The van der Waals surface area contributed by atoms with Crippen LogP contribution in [-0.2, 0) is 4.79 Å². The average Bonchev–Trinajstić information content (AvgIpc) is 2.33. The van der Waals surface area contributed by atoms with Crippen LogP contribution in [0.25, 0.3) is 0 Å². The fraction of sp³-hybridized carbons (Fsp3) is 0.417. The summed E-state index contributed by atoms with van der Waals surface area (Å²) < 4.78 is 0. The van der Waals surface area contributed by atoms with E-state index >= 15 is 0 Å². The molecule has 2 amide bonds. The number of primary amides is 1. The summed E-state index contributed by atoms with van der Waals surface area (Å²) in [4.78, 5) is 28.4. The summed E-state index contributed by atoms with van der Waals surface area (Å²) in [6.45, 7) is 2.42. The lowest BCUT2D eigenvalue weighted by Crippen LogP contribution is -2.39. The van der Waals surface area contributed by atoms with Gasteiger partial charge in [0.2, 0.25) is 5.91 Å². The Morgan fingerprint density at radius 3 is 2.78 bits per heavy atom. The van der Waals surface area contributed by atoms with Crippen molar-refractivity contribution in [3.8, 4) is 0 Å². The summed E-state index contributed by atoms with van der Waals surface area (Å²) in [5.74, 6) is -0.786. The van der Waals surface area contributed by atoms with Crippen molar-refractivity contribution in [2.75, 3.05) is 13.1 Å². The molecule has 0 aliphatic heterocycles. The maximum absolute atomic E-state index is 12.2. The summed E-state index contributed by atoms with van der Waals surface area (Å²) in [6.07, 6.45) is 3.20. The van der Waals surface area contributed by atoms with E-state index in [0.717, 1.165) is 12.8 Å². The second-order valence-corrected chi connectivity index (χ2v) is 4.30. The van der Waals surface area contributed by atoms with Crippen LogP contribution in [0.15, 0.2) is 18.3 Å². The van der Waals surface area contributed by atoms with Gasteiger partial charge in [-0.25, -0.2) is 4.98 Å². The molecule has 2 N–H and O–H groups in total. The summed E-state index contributed by atoms with van der Waals surface area (Å²) in [5, 5.41) is 0.246. The summed E-state index contributed by atoms with van der Waals surface area (Å²) >= 11 is 5.73. The Morgan fingerprint density at radius 2 is 2.22 bits per heavy atom. The Kier molecular flexibility index (Phi) is 5.58. The van der Waals surface area contributed by atoms with Gasteiger partial charge in [0.05, 0.1) is 6.54 Å². The van der Waals surface area contributed by atoms with Gasteiger partial charge in [0.25, 0.3) is 5.91 Å². The first-order valence-electron chi connectivity index (χ1n) is 5.73. The van der Waals surface area contributed by atoms with E-state index in [2.05, 4.69) is 4.98 Å². The molecule has 0 atom stereocenters. The lowest BCUT2D eigenvalue weighted by atomic mass is 10.2. The van der Waals surface area contributed by atoms with Crippen LogP contribution in [-0.4, -0.2) is 34.8 Å². The highest BCUT2D eigenvalue weighted by atomic mass is 35.5. The van der Waals surface area contributed by atoms with Crippen LogP contribution in [0.3, 0.4) is 0 Å². The Morgan fingerprint density at radius 1 is 1.50 bits per heavy atom. The second kappa shape index (κ2) is 6.96. The Hall–Kier alpha value is -1.62. The van der Waals surface area contributed by atoms with Gasteiger partial charge in [0, 0.05) is 18.3 Å². The Balaban J connectivity index is 2.83. The van der Waals surface area contributed by atoms with E-state index in [1.165, 1.54) is 17.2 Å². The smallest absolute Gasteiger partial charge is 0.254 e. The van der Waals surface area contributed by atoms with Crippen molar-refractivity contribution in [1.82, 2.24) is 9.88 Å². The molecule has 1 heterocycles. The molecule has 0 radical (unpaired) electrons. The first-order valence-corrected chi connectivity index (χ1v) is 6.11. The zero-order chi connectivity index (χ0) is 13.5. The van der Waals surface area contributed by atoms with Gasteiger partial charge in [-0.2, -0.15) is 0 Å². The molecule has 0 aromatic carbocycles. The molecule has 0 unspecified atom stereocenters. The number of carbonyl (C=O) groups excluding carboxylic acids is 2. The number of rotatable bonds is 6. The zero-order valence-electron chi connectivity index (χ0n) is 10.2. The predicted molar refractivity (Wildman–Crippen MR) is 69.3 cm³/mol. The molecule has 1 rings (SSSR count). The SMILES string of the molecule is CCCCN(CC(N)=O)C(=O)c1ccnc(Cl)c1. The van der Waals surface area contributed by atoms with E-state index in [-0.39, 0.29) is 17.6 Å². The average molecular weight is 270 g/mol. The number of nitrogens with two attached hydrogens (primary N) is 1. The van der Waals surface area contributed by atoms with E-state index in [1.807, 2.05) is 6.92 Å². The number of nitrogens with zero attached hydrogens (tertiary/aromatic N) is 2. The Labute approximate surface area is 111 Å². The number of amides is 2. The molecule has 0 bridgehead atoms. The normalized spacial score (nSPS) is 10.1. The molecule has 98 valence electrons. The monoisotopic (exact) mass is 269 g/mol. The standard InChI is InChI=1S/C12H16ClN3O2/c1-2-3-6-16(8-11(14)17)12(18)9-4-5-15-10(13)7-9/h4-5,7H,2-3,6,8H2,1H3,(H2,14,17). The molecule has 1 aromatic rings. The number of carbonyl (C=O) groups is 2. The maximum Gasteiger partial charge on any atom is 0.254 e. The number of pyridine rings is 1. The molecule has 0 spiro atoms. The highest BCUT2D eigenvalue weighted by Crippen LogP contribution is 2.10. The van der Waals surface area contributed by atoms with E-state index in [9.17, 15) is 9.59 Å². The fourth-order valence-electron chi connectivity index (χ4n) is 1.51. The molecular formula is C12H16ClN3O2. The summed E-state index contributed by atoms with van der Waals surface area (Å²) in [7, 11) is 0. The van der Waals surface area contributed by atoms with E-state index < -0.39 is 5.91 Å². The van der Waals surface area contributed by atoms with Gasteiger partial charge < -0.3 is 10.6 Å².